The monoisotopic (exact) mass is 465 g/mol. The quantitative estimate of drug-likeness (QED) is 0.574. The average Bonchev–Trinajstić information content (AvgIpc) is 3.18. The summed E-state index contributed by atoms with van der Waals surface area (Å²) < 4.78 is 5.38. The fraction of sp³-hybridized carbons (Fsp3) is 0.360. The minimum atomic E-state index is -0.922. The molecule has 1 fully saturated rings. The van der Waals surface area contributed by atoms with Crippen molar-refractivity contribution in [3.63, 3.8) is 0 Å². The first kappa shape index (κ1) is 23.3. The molecule has 0 spiro atoms. The van der Waals surface area contributed by atoms with E-state index < -0.39 is 23.9 Å². The van der Waals surface area contributed by atoms with Crippen LogP contribution in [-0.4, -0.2) is 66.7 Å². The highest BCUT2D eigenvalue weighted by atomic mass is 16.5. The van der Waals surface area contributed by atoms with Crippen molar-refractivity contribution in [2.24, 2.45) is 5.92 Å². The third-order valence-corrected chi connectivity index (χ3v) is 6.30. The van der Waals surface area contributed by atoms with Crippen molar-refractivity contribution in [3.05, 3.63) is 59.7 Å². The molecular formula is C25H27N3O6. The lowest BCUT2D eigenvalue weighted by Crippen LogP contribution is -2.47. The molecule has 3 amide bonds. The summed E-state index contributed by atoms with van der Waals surface area (Å²) in [7, 11) is 0. The van der Waals surface area contributed by atoms with E-state index in [1.54, 1.807) is 0 Å². The molecule has 4 rings (SSSR count). The third kappa shape index (κ3) is 5.19. The molecule has 1 heterocycles. The minimum Gasteiger partial charge on any atom is -0.481 e. The Morgan fingerprint density at radius 2 is 1.59 bits per heavy atom. The predicted molar refractivity (Wildman–Crippen MR) is 123 cm³/mol. The summed E-state index contributed by atoms with van der Waals surface area (Å²) in [6.07, 6.45) is 0.430. The highest BCUT2D eigenvalue weighted by Crippen LogP contribution is 2.44. The Morgan fingerprint density at radius 1 is 0.941 bits per heavy atom. The number of fused-ring (bicyclic) bond motifs is 3. The Hall–Kier alpha value is -3.88. The van der Waals surface area contributed by atoms with Gasteiger partial charge >= 0.3 is 12.1 Å². The molecular weight excluding hydrogens is 438 g/mol. The van der Waals surface area contributed by atoms with Crippen LogP contribution >= 0.6 is 0 Å². The highest BCUT2D eigenvalue weighted by molar-refractivity contribution is 5.87. The van der Waals surface area contributed by atoms with Crippen LogP contribution in [0.15, 0.2) is 48.5 Å². The molecule has 1 aliphatic heterocycles. The normalized spacial score (nSPS) is 16.8. The van der Waals surface area contributed by atoms with Crippen molar-refractivity contribution >= 4 is 23.9 Å². The number of carbonyl (C=O) groups excluding carboxylic acids is 3. The largest absolute Gasteiger partial charge is 0.481 e. The van der Waals surface area contributed by atoms with Gasteiger partial charge in [-0.3, -0.25) is 14.4 Å². The molecule has 0 radical (unpaired) electrons. The van der Waals surface area contributed by atoms with Crippen LogP contribution < -0.4 is 10.6 Å². The first-order valence-electron chi connectivity index (χ1n) is 11.3. The number of carboxylic acids is 1. The van der Waals surface area contributed by atoms with E-state index in [1.807, 2.05) is 48.5 Å². The lowest BCUT2D eigenvalue weighted by Gasteiger charge is -2.30. The molecule has 0 saturated carbocycles. The van der Waals surface area contributed by atoms with Crippen LogP contribution in [0.5, 0.6) is 0 Å². The minimum absolute atomic E-state index is 0.0798. The molecule has 2 aromatic carbocycles. The van der Waals surface area contributed by atoms with Crippen molar-refractivity contribution in [1.29, 1.82) is 0 Å². The third-order valence-electron chi connectivity index (χ3n) is 6.30. The number of alkyl carbamates (subject to hydrolysis) is 1. The van der Waals surface area contributed by atoms with Gasteiger partial charge in [-0.1, -0.05) is 48.5 Å². The molecule has 9 heteroatoms. The molecule has 1 atom stereocenters. The van der Waals surface area contributed by atoms with E-state index in [-0.39, 0.29) is 38.1 Å². The van der Waals surface area contributed by atoms with Crippen molar-refractivity contribution in [3.8, 4) is 11.1 Å². The Bertz CT molecular complexity index is 1060. The Balaban J connectivity index is 1.21. The van der Waals surface area contributed by atoms with Crippen LogP contribution in [0.4, 0.5) is 4.79 Å². The average molecular weight is 466 g/mol. The zero-order chi connectivity index (χ0) is 24.1. The van der Waals surface area contributed by atoms with Gasteiger partial charge in [-0.05, 0) is 35.1 Å². The maximum Gasteiger partial charge on any atom is 0.407 e. The van der Waals surface area contributed by atoms with Gasteiger partial charge in [0.05, 0.1) is 12.5 Å². The number of nitrogens with zero attached hydrogens (tertiary/aromatic N) is 1. The van der Waals surface area contributed by atoms with Gasteiger partial charge < -0.3 is 25.4 Å². The van der Waals surface area contributed by atoms with Crippen molar-refractivity contribution in [2.75, 3.05) is 32.8 Å². The van der Waals surface area contributed by atoms with E-state index in [0.717, 1.165) is 22.3 Å². The second-order valence-corrected chi connectivity index (χ2v) is 8.47. The number of hydrogen-bond donors (Lipinski definition) is 3. The molecule has 9 nitrogen and oxygen atoms in total. The maximum absolute atomic E-state index is 12.3. The van der Waals surface area contributed by atoms with E-state index in [9.17, 15) is 19.2 Å². The summed E-state index contributed by atoms with van der Waals surface area (Å²) in [5.41, 5.74) is 4.44. The number of piperidine rings is 1. The first-order chi connectivity index (χ1) is 16.4. The molecule has 0 aromatic heterocycles. The fourth-order valence-corrected chi connectivity index (χ4v) is 4.56. The topological polar surface area (TPSA) is 125 Å². The van der Waals surface area contributed by atoms with Crippen LogP contribution in [0.1, 0.15) is 29.9 Å². The van der Waals surface area contributed by atoms with E-state index >= 15 is 0 Å². The van der Waals surface area contributed by atoms with Crippen molar-refractivity contribution < 1.29 is 29.0 Å². The fourth-order valence-electron chi connectivity index (χ4n) is 4.56. The number of carbonyl (C=O) groups is 4. The predicted octanol–water partition coefficient (Wildman–Crippen LogP) is 1.96. The van der Waals surface area contributed by atoms with Gasteiger partial charge in [-0.25, -0.2) is 4.79 Å². The molecule has 1 saturated heterocycles. The maximum atomic E-state index is 12.3. The van der Waals surface area contributed by atoms with Gasteiger partial charge in [0.15, 0.2) is 0 Å². The summed E-state index contributed by atoms with van der Waals surface area (Å²) in [6, 6.07) is 16.0. The summed E-state index contributed by atoms with van der Waals surface area (Å²) in [4.78, 5) is 49.1. The van der Waals surface area contributed by atoms with Crippen molar-refractivity contribution in [1.82, 2.24) is 15.5 Å². The van der Waals surface area contributed by atoms with Crippen LogP contribution in [0.2, 0.25) is 0 Å². The number of nitrogens with one attached hydrogen (secondary N) is 2. The number of carboxylic acid groups (broad SMARTS) is 1. The molecule has 2 aromatic rings. The highest BCUT2D eigenvalue weighted by Gasteiger charge is 2.30. The molecule has 0 unspecified atom stereocenters. The molecule has 3 N–H and O–H groups in total. The lowest BCUT2D eigenvalue weighted by molar-refractivity contribution is -0.145. The molecule has 34 heavy (non-hydrogen) atoms. The molecule has 0 bridgehead atoms. The number of rotatable bonds is 7. The first-order valence-corrected chi connectivity index (χ1v) is 11.3. The molecule has 1 aliphatic carbocycles. The van der Waals surface area contributed by atoms with Crippen LogP contribution in [0, 0.1) is 5.92 Å². The smallest absolute Gasteiger partial charge is 0.407 e. The van der Waals surface area contributed by atoms with E-state index in [4.69, 9.17) is 9.84 Å². The number of ether oxygens (including phenoxy) is 1. The van der Waals surface area contributed by atoms with Gasteiger partial charge in [-0.2, -0.15) is 0 Å². The van der Waals surface area contributed by atoms with Crippen LogP contribution in [-0.2, 0) is 19.1 Å². The lowest BCUT2D eigenvalue weighted by atomic mass is 9.98. The second-order valence-electron chi connectivity index (χ2n) is 8.47. The number of likely N-dealkylation sites (tertiary alicyclic amines) is 1. The Kier molecular flexibility index (Phi) is 7.10. The molecule has 2 aliphatic rings. The van der Waals surface area contributed by atoms with E-state index in [1.165, 1.54) is 4.90 Å². The van der Waals surface area contributed by atoms with Gasteiger partial charge in [0, 0.05) is 19.0 Å². The van der Waals surface area contributed by atoms with E-state index in [0.29, 0.717) is 19.4 Å². The SMILES string of the molecule is O=C(CNC(=O)OCC1c2ccccc2-c2ccccc21)NCC(=O)N1CCC[C@@H](C(=O)O)C1. The summed E-state index contributed by atoms with van der Waals surface area (Å²) >= 11 is 0. The summed E-state index contributed by atoms with van der Waals surface area (Å²) in [5, 5.41) is 14.0. The standard InChI is InChI=1S/C25H27N3O6/c29-22(26-13-23(30)28-11-5-6-16(14-28)24(31)32)12-27-25(33)34-15-21-19-9-3-1-7-17(19)18-8-2-4-10-20(18)21/h1-4,7-10,16,21H,5-6,11-15H2,(H,26,29)(H,27,33)(H,31,32)/t16-/m1/s1. The number of hydrogen-bond acceptors (Lipinski definition) is 5. The Labute approximate surface area is 197 Å². The number of aliphatic carboxylic acids is 1. The second kappa shape index (κ2) is 10.4. The zero-order valence-electron chi connectivity index (χ0n) is 18.7. The van der Waals surface area contributed by atoms with Crippen molar-refractivity contribution in [2.45, 2.75) is 18.8 Å². The number of amides is 3. The van der Waals surface area contributed by atoms with Crippen LogP contribution in [0.25, 0.3) is 11.1 Å². The van der Waals surface area contributed by atoms with E-state index in [2.05, 4.69) is 10.6 Å². The van der Waals surface area contributed by atoms with Gasteiger partial charge in [0.2, 0.25) is 11.8 Å². The summed E-state index contributed by atoms with van der Waals surface area (Å²) in [6.45, 7) is 0.164. The van der Waals surface area contributed by atoms with Gasteiger partial charge in [0.25, 0.3) is 0 Å². The van der Waals surface area contributed by atoms with Crippen LogP contribution in [0.3, 0.4) is 0 Å². The number of benzene rings is 2. The van der Waals surface area contributed by atoms with Gasteiger partial charge in [-0.15, -0.1) is 0 Å². The Morgan fingerprint density at radius 3 is 2.24 bits per heavy atom. The molecule has 178 valence electrons. The summed E-state index contributed by atoms with van der Waals surface area (Å²) in [5.74, 6) is -2.46. The van der Waals surface area contributed by atoms with Gasteiger partial charge in [0.1, 0.15) is 13.2 Å². The zero-order valence-corrected chi connectivity index (χ0v) is 18.7.